The summed E-state index contributed by atoms with van der Waals surface area (Å²) in [5.74, 6) is -1.38. The lowest BCUT2D eigenvalue weighted by Crippen LogP contribution is -2.43. The highest BCUT2D eigenvalue weighted by Gasteiger charge is 2.67. The summed E-state index contributed by atoms with van der Waals surface area (Å²) in [6.45, 7) is 2.29. The van der Waals surface area contributed by atoms with Crippen molar-refractivity contribution in [1.82, 2.24) is 15.2 Å². The molecule has 188 valence electrons. The molecule has 2 aliphatic rings. The van der Waals surface area contributed by atoms with Gasteiger partial charge in [-0.2, -0.15) is 13.2 Å². The van der Waals surface area contributed by atoms with Crippen LogP contribution in [0.2, 0.25) is 0 Å². The zero-order chi connectivity index (χ0) is 25.4. The van der Waals surface area contributed by atoms with Gasteiger partial charge >= 0.3 is 6.18 Å². The molecule has 2 amide bonds. The molecule has 4 rings (SSSR count). The summed E-state index contributed by atoms with van der Waals surface area (Å²) >= 11 is 0. The van der Waals surface area contributed by atoms with E-state index in [1.54, 1.807) is 12.1 Å². The zero-order valence-electron chi connectivity index (χ0n) is 20.2. The van der Waals surface area contributed by atoms with Gasteiger partial charge in [-0.3, -0.25) is 14.6 Å². The molecule has 2 atom stereocenters. The van der Waals surface area contributed by atoms with Crippen LogP contribution in [0.15, 0.2) is 36.7 Å². The minimum absolute atomic E-state index is 0.0212. The fourth-order valence-corrected chi connectivity index (χ4v) is 5.09. The van der Waals surface area contributed by atoms with Crippen LogP contribution in [0.5, 0.6) is 0 Å². The lowest BCUT2D eigenvalue weighted by Gasteiger charge is -2.30. The van der Waals surface area contributed by atoms with Gasteiger partial charge < -0.3 is 15.5 Å². The van der Waals surface area contributed by atoms with Crippen LogP contribution in [0, 0.1) is 12.3 Å². The number of nitrogens with zero attached hydrogens (tertiary/aromatic N) is 2. The van der Waals surface area contributed by atoms with Crippen molar-refractivity contribution >= 4 is 17.5 Å². The van der Waals surface area contributed by atoms with E-state index in [2.05, 4.69) is 15.6 Å². The number of likely N-dealkylation sites (N-methyl/N-ethyl adjacent to an activating group) is 1. The Labute approximate surface area is 203 Å². The maximum atomic E-state index is 13.9. The first-order valence-corrected chi connectivity index (χ1v) is 11.8. The Hall–Kier alpha value is -2.94. The van der Waals surface area contributed by atoms with Gasteiger partial charge in [-0.05, 0) is 74.7 Å². The summed E-state index contributed by atoms with van der Waals surface area (Å²) in [4.78, 5) is 30.6. The molecule has 1 aromatic carbocycles. The van der Waals surface area contributed by atoms with Crippen molar-refractivity contribution in [3.63, 3.8) is 0 Å². The Balaban J connectivity index is 1.44. The van der Waals surface area contributed by atoms with Gasteiger partial charge in [0.05, 0.1) is 11.8 Å². The van der Waals surface area contributed by atoms with Gasteiger partial charge in [0.1, 0.15) is 0 Å². The van der Waals surface area contributed by atoms with E-state index in [0.29, 0.717) is 24.9 Å². The highest BCUT2D eigenvalue weighted by Crippen LogP contribution is 2.66. The van der Waals surface area contributed by atoms with Gasteiger partial charge in [-0.1, -0.05) is 12.1 Å². The van der Waals surface area contributed by atoms with Crippen LogP contribution in [-0.4, -0.2) is 54.6 Å². The van der Waals surface area contributed by atoms with Crippen LogP contribution in [0.3, 0.4) is 0 Å². The topological polar surface area (TPSA) is 74.3 Å². The Morgan fingerprint density at radius 1 is 1.26 bits per heavy atom. The van der Waals surface area contributed by atoms with Gasteiger partial charge in [0.15, 0.2) is 0 Å². The van der Waals surface area contributed by atoms with E-state index in [1.165, 1.54) is 12.4 Å². The van der Waals surface area contributed by atoms with Crippen molar-refractivity contribution in [3.05, 3.63) is 58.9 Å². The summed E-state index contributed by atoms with van der Waals surface area (Å²) in [6, 6.07) is 7.05. The first-order valence-electron chi connectivity index (χ1n) is 11.8. The number of hydrogen-bond acceptors (Lipinski definition) is 4. The molecule has 1 fully saturated rings. The Bertz CT molecular complexity index is 1100. The smallest absolute Gasteiger partial charge is 0.355 e. The first-order chi connectivity index (χ1) is 16.5. The van der Waals surface area contributed by atoms with Crippen molar-refractivity contribution < 1.29 is 22.8 Å². The predicted octanol–water partition coefficient (Wildman–Crippen LogP) is 3.99. The number of carbonyl (C=O) groups is 2. The van der Waals surface area contributed by atoms with E-state index in [-0.39, 0.29) is 31.2 Å². The number of fused-ring (bicyclic) bond motifs is 1. The molecule has 1 aliphatic heterocycles. The van der Waals surface area contributed by atoms with Crippen LogP contribution in [0.4, 0.5) is 18.9 Å². The SMILES string of the molecule is Cc1c(C[C@@H](CNC(=O)C[C@H](c2cccnc2)C2(C(F)(F)F)CC2)N(C)C)ccc2c1CC(=O)N2. The highest BCUT2D eigenvalue weighted by molar-refractivity contribution is 5.99. The van der Waals surface area contributed by atoms with Gasteiger partial charge in [-0.25, -0.2) is 0 Å². The largest absolute Gasteiger partial charge is 0.395 e. The number of amides is 2. The number of nitrogens with one attached hydrogen (secondary N) is 2. The molecule has 0 unspecified atom stereocenters. The molecule has 35 heavy (non-hydrogen) atoms. The third-order valence-electron chi connectivity index (χ3n) is 7.54. The van der Waals surface area contributed by atoms with E-state index in [0.717, 1.165) is 22.4 Å². The Kier molecular flexibility index (Phi) is 6.90. The number of rotatable bonds is 9. The van der Waals surface area contributed by atoms with Crippen LogP contribution < -0.4 is 10.6 Å². The zero-order valence-corrected chi connectivity index (χ0v) is 20.2. The van der Waals surface area contributed by atoms with Crippen molar-refractivity contribution in [3.8, 4) is 0 Å². The molecule has 6 nitrogen and oxygen atoms in total. The minimum Gasteiger partial charge on any atom is -0.355 e. The monoisotopic (exact) mass is 488 g/mol. The third-order valence-corrected chi connectivity index (χ3v) is 7.54. The molecule has 1 saturated carbocycles. The van der Waals surface area contributed by atoms with Crippen molar-refractivity contribution in [1.29, 1.82) is 0 Å². The number of hydrogen-bond donors (Lipinski definition) is 2. The maximum absolute atomic E-state index is 13.9. The second-order valence-electron chi connectivity index (χ2n) is 9.92. The summed E-state index contributed by atoms with van der Waals surface area (Å²) < 4.78 is 41.7. The number of pyridine rings is 1. The van der Waals surface area contributed by atoms with Crippen LogP contribution in [0.1, 0.15) is 47.4 Å². The quantitative estimate of drug-likeness (QED) is 0.560. The molecule has 2 N–H and O–H groups in total. The average Bonchev–Trinajstić information content (AvgIpc) is 3.53. The van der Waals surface area contributed by atoms with Crippen LogP contribution in [0.25, 0.3) is 0 Å². The highest BCUT2D eigenvalue weighted by atomic mass is 19.4. The summed E-state index contributed by atoms with van der Waals surface area (Å²) in [6.07, 6.45) is -0.616. The van der Waals surface area contributed by atoms with Gasteiger partial charge in [0.2, 0.25) is 11.8 Å². The minimum atomic E-state index is -4.37. The molecule has 0 radical (unpaired) electrons. The summed E-state index contributed by atoms with van der Waals surface area (Å²) in [5, 5.41) is 5.73. The lowest BCUT2D eigenvalue weighted by atomic mass is 9.80. The molecule has 1 aliphatic carbocycles. The molecule has 0 saturated heterocycles. The molecule has 0 bridgehead atoms. The molecular weight excluding hydrogens is 457 g/mol. The number of alkyl halides is 3. The lowest BCUT2D eigenvalue weighted by molar-refractivity contribution is -0.194. The molecule has 9 heteroatoms. The van der Waals surface area contributed by atoms with E-state index >= 15 is 0 Å². The second kappa shape index (κ2) is 9.60. The van der Waals surface area contributed by atoms with Gasteiger partial charge in [0.25, 0.3) is 0 Å². The normalized spacial score (nSPS) is 18.1. The van der Waals surface area contributed by atoms with Crippen LogP contribution >= 0.6 is 0 Å². The fourth-order valence-electron chi connectivity index (χ4n) is 5.09. The molecule has 2 heterocycles. The third kappa shape index (κ3) is 5.19. The number of aromatic nitrogens is 1. The number of benzene rings is 1. The summed E-state index contributed by atoms with van der Waals surface area (Å²) in [5.41, 5.74) is 2.55. The van der Waals surface area contributed by atoms with Crippen molar-refractivity contribution in [2.45, 2.75) is 57.2 Å². The molecule has 0 spiro atoms. The Morgan fingerprint density at radius 2 is 2.00 bits per heavy atom. The number of carbonyl (C=O) groups excluding carboxylic acids is 2. The summed E-state index contributed by atoms with van der Waals surface area (Å²) in [7, 11) is 3.82. The van der Waals surface area contributed by atoms with E-state index < -0.39 is 23.4 Å². The predicted molar refractivity (Wildman–Crippen MR) is 127 cm³/mol. The van der Waals surface area contributed by atoms with E-state index in [9.17, 15) is 22.8 Å². The molecule has 1 aromatic heterocycles. The van der Waals surface area contributed by atoms with E-state index in [4.69, 9.17) is 0 Å². The standard InChI is InChI=1S/C26H31F3N4O2/c1-16-17(6-7-22-20(16)12-24(35)32-22)11-19(33(2)3)15-31-23(34)13-21(18-5-4-10-30-14-18)25(8-9-25)26(27,28)29/h4-7,10,14,19,21H,8-9,11-13,15H2,1-3H3,(H,31,34)(H,32,35)/t19-,21+/m0/s1. The van der Waals surface area contributed by atoms with E-state index in [1.807, 2.05) is 38.1 Å². The van der Waals surface area contributed by atoms with Crippen molar-refractivity contribution in [2.75, 3.05) is 26.0 Å². The second-order valence-corrected chi connectivity index (χ2v) is 9.92. The number of anilines is 1. The van der Waals surface area contributed by atoms with Crippen LogP contribution in [-0.2, 0) is 22.4 Å². The Morgan fingerprint density at radius 3 is 2.60 bits per heavy atom. The van der Waals surface area contributed by atoms with Gasteiger partial charge in [-0.15, -0.1) is 0 Å². The molecule has 2 aromatic rings. The van der Waals surface area contributed by atoms with Crippen molar-refractivity contribution in [2.24, 2.45) is 5.41 Å². The molecular formula is C26H31F3N4O2. The fraction of sp³-hybridized carbons (Fsp3) is 0.500. The first kappa shape index (κ1) is 25.2. The average molecular weight is 489 g/mol. The number of halogens is 3. The maximum Gasteiger partial charge on any atom is 0.395 e. The van der Waals surface area contributed by atoms with Gasteiger partial charge in [0, 0.05) is 43.0 Å².